The highest BCUT2D eigenvalue weighted by atomic mass is 35.5. The summed E-state index contributed by atoms with van der Waals surface area (Å²) in [7, 11) is 0. The molecular formula is C35H37Cl2F3N4O2. The molecule has 244 valence electrons. The van der Waals surface area contributed by atoms with Gasteiger partial charge in [0.25, 0.3) is 0 Å². The number of unbranched alkanes of at least 4 members (excludes halogenated alkanes) is 1. The number of nitrogens with one attached hydrogen (secondary N) is 2. The largest absolute Gasteiger partial charge is 0.491 e. The number of rotatable bonds is 12. The lowest BCUT2D eigenvalue weighted by Gasteiger charge is -2.33. The molecule has 1 aliphatic rings. The van der Waals surface area contributed by atoms with E-state index in [1.54, 1.807) is 6.20 Å². The van der Waals surface area contributed by atoms with Gasteiger partial charge >= 0.3 is 6.18 Å². The molecule has 46 heavy (non-hydrogen) atoms. The minimum absolute atomic E-state index is 0.0141. The molecule has 11 heteroatoms. The Morgan fingerprint density at radius 1 is 0.957 bits per heavy atom. The zero-order valence-electron chi connectivity index (χ0n) is 25.5. The Morgan fingerprint density at radius 2 is 1.59 bits per heavy atom. The molecule has 0 radical (unpaired) electrons. The van der Waals surface area contributed by atoms with Gasteiger partial charge in [0.1, 0.15) is 11.3 Å². The molecule has 0 saturated carbocycles. The van der Waals surface area contributed by atoms with Gasteiger partial charge in [0.05, 0.1) is 13.2 Å². The first kappa shape index (κ1) is 33.8. The number of likely N-dealkylation sites (tertiary alicyclic amines) is 1. The minimum atomic E-state index is -4.21. The standard InChI is InChI=1S/C35H37Cl2F3N4O2/c1-23(45)41-15-2-3-19-46-32-21-26(33(24-4-8-27(36)9-5-24)25-6-10-28(37)11-7-25)20-30-31(12-16-42-34(30)32)43-29-13-17-44(18-14-29)22-35(38,39)40/h4-12,16,20-21,29,33H,2-3,13-15,17-19,22H2,1H3,(H,41,45)(H,42,43). The second-order valence-corrected chi connectivity index (χ2v) is 12.5. The summed E-state index contributed by atoms with van der Waals surface area (Å²) in [6.07, 6.45) is 0.206. The third kappa shape index (κ3) is 9.27. The summed E-state index contributed by atoms with van der Waals surface area (Å²) in [5, 5.41) is 8.55. The predicted octanol–water partition coefficient (Wildman–Crippen LogP) is 8.46. The van der Waals surface area contributed by atoms with Gasteiger partial charge < -0.3 is 15.4 Å². The Bertz CT molecular complexity index is 1560. The molecule has 1 aromatic heterocycles. The number of anilines is 1. The third-order valence-corrected chi connectivity index (χ3v) is 8.63. The third-order valence-electron chi connectivity index (χ3n) is 8.13. The second-order valence-electron chi connectivity index (χ2n) is 11.7. The molecule has 6 nitrogen and oxygen atoms in total. The van der Waals surface area contributed by atoms with Gasteiger partial charge in [0, 0.05) is 65.8 Å². The van der Waals surface area contributed by atoms with E-state index in [0.29, 0.717) is 60.4 Å². The molecule has 0 spiro atoms. The maximum absolute atomic E-state index is 13.0. The van der Waals surface area contributed by atoms with Crippen LogP contribution in [0.1, 0.15) is 55.2 Å². The predicted molar refractivity (Wildman–Crippen MR) is 178 cm³/mol. The van der Waals surface area contributed by atoms with Crippen molar-refractivity contribution in [2.24, 2.45) is 0 Å². The molecule has 1 aliphatic heterocycles. The molecule has 2 heterocycles. The number of halogens is 5. The molecule has 0 atom stereocenters. The second kappa shape index (κ2) is 15.4. The molecule has 4 aromatic rings. The van der Waals surface area contributed by atoms with Crippen LogP contribution in [0, 0.1) is 0 Å². The van der Waals surface area contributed by atoms with Crippen molar-refractivity contribution >= 4 is 45.7 Å². The summed E-state index contributed by atoms with van der Waals surface area (Å²) in [5.41, 5.74) is 4.57. The summed E-state index contributed by atoms with van der Waals surface area (Å²) < 4.78 is 45.3. The minimum Gasteiger partial charge on any atom is -0.491 e. The van der Waals surface area contributed by atoms with Crippen molar-refractivity contribution in [1.29, 1.82) is 0 Å². The van der Waals surface area contributed by atoms with E-state index in [9.17, 15) is 18.0 Å². The van der Waals surface area contributed by atoms with Gasteiger partial charge in [-0.1, -0.05) is 47.5 Å². The molecule has 0 bridgehead atoms. The summed E-state index contributed by atoms with van der Waals surface area (Å²) in [6.45, 7) is 2.35. The first-order valence-corrected chi connectivity index (χ1v) is 16.2. The molecular weight excluding hydrogens is 636 g/mol. The number of fused-ring (bicyclic) bond motifs is 1. The highest BCUT2D eigenvalue weighted by molar-refractivity contribution is 6.30. The number of amides is 1. The number of ether oxygens (including phenoxy) is 1. The maximum atomic E-state index is 13.0. The quantitative estimate of drug-likeness (QED) is 0.117. The van der Waals surface area contributed by atoms with E-state index in [-0.39, 0.29) is 17.9 Å². The van der Waals surface area contributed by atoms with Crippen LogP contribution in [0.2, 0.25) is 10.0 Å². The molecule has 1 amide bonds. The number of carbonyl (C=O) groups is 1. The number of carbonyl (C=O) groups excluding carboxylic acids is 1. The van der Waals surface area contributed by atoms with Crippen LogP contribution in [-0.4, -0.2) is 60.8 Å². The van der Waals surface area contributed by atoms with Crippen LogP contribution in [0.15, 0.2) is 72.9 Å². The smallest absolute Gasteiger partial charge is 0.401 e. The number of alkyl halides is 3. The van der Waals surface area contributed by atoms with Crippen molar-refractivity contribution in [3.8, 4) is 5.75 Å². The van der Waals surface area contributed by atoms with Crippen LogP contribution in [0.4, 0.5) is 18.9 Å². The van der Waals surface area contributed by atoms with Gasteiger partial charge in [-0.25, -0.2) is 0 Å². The number of pyridine rings is 1. The van der Waals surface area contributed by atoms with Crippen molar-refractivity contribution in [3.05, 3.63) is 99.7 Å². The highest BCUT2D eigenvalue weighted by Gasteiger charge is 2.32. The molecule has 1 saturated heterocycles. The summed E-state index contributed by atoms with van der Waals surface area (Å²) in [4.78, 5) is 17.4. The van der Waals surface area contributed by atoms with Crippen molar-refractivity contribution in [2.45, 2.75) is 50.7 Å². The van der Waals surface area contributed by atoms with Crippen LogP contribution in [0.3, 0.4) is 0 Å². The SMILES string of the molecule is CC(=O)NCCCCOc1cc(C(c2ccc(Cl)cc2)c2ccc(Cl)cc2)cc2c(NC3CCN(CC(F)(F)F)CC3)ccnc12. The van der Waals surface area contributed by atoms with E-state index >= 15 is 0 Å². The van der Waals surface area contributed by atoms with Gasteiger partial charge in [-0.15, -0.1) is 0 Å². The van der Waals surface area contributed by atoms with Crippen LogP contribution >= 0.6 is 23.2 Å². The van der Waals surface area contributed by atoms with Crippen molar-refractivity contribution in [2.75, 3.05) is 38.1 Å². The van der Waals surface area contributed by atoms with E-state index in [2.05, 4.69) is 16.7 Å². The van der Waals surface area contributed by atoms with Crippen LogP contribution in [0.25, 0.3) is 10.9 Å². The Balaban J connectivity index is 1.50. The van der Waals surface area contributed by atoms with E-state index < -0.39 is 12.7 Å². The number of hydrogen-bond acceptors (Lipinski definition) is 5. The summed E-state index contributed by atoms with van der Waals surface area (Å²) in [5.74, 6) is 0.383. The lowest BCUT2D eigenvalue weighted by molar-refractivity contribution is -0.147. The number of piperidine rings is 1. The fraction of sp³-hybridized carbons (Fsp3) is 0.371. The number of hydrogen-bond donors (Lipinski definition) is 2. The molecule has 0 aliphatic carbocycles. The van der Waals surface area contributed by atoms with E-state index in [0.717, 1.165) is 40.6 Å². The number of nitrogens with zero attached hydrogens (tertiary/aromatic N) is 2. The number of aromatic nitrogens is 1. The number of benzene rings is 3. The van der Waals surface area contributed by atoms with E-state index in [1.807, 2.05) is 60.7 Å². The zero-order chi connectivity index (χ0) is 32.7. The molecule has 3 aromatic carbocycles. The van der Waals surface area contributed by atoms with Gasteiger partial charge in [-0.2, -0.15) is 13.2 Å². The van der Waals surface area contributed by atoms with E-state index in [4.69, 9.17) is 32.9 Å². The van der Waals surface area contributed by atoms with E-state index in [1.165, 1.54) is 11.8 Å². The zero-order valence-corrected chi connectivity index (χ0v) is 27.1. The molecule has 2 N–H and O–H groups in total. The maximum Gasteiger partial charge on any atom is 0.401 e. The Labute approximate surface area is 277 Å². The summed E-state index contributed by atoms with van der Waals surface area (Å²) in [6, 6.07) is 21.6. The lowest BCUT2D eigenvalue weighted by atomic mass is 9.84. The van der Waals surface area contributed by atoms with Crippen LogP contribution in [0.5, 0.6) is 5.75 Å². The van der Waals surface area contributed by atoms with Crippen LogP contribution < -0.4 is 15.4 Å². The lowest BCUT2D eigenvalue weighted by Crippen LogP contribution is -2.43. The molecule has 1 fully saturated rings. The topological polar surface area (TPSA) is 66.5 Å². The Morgan fingerprint density at radius 3 is 2.17 bits per heavy atom. The average molecular weight is 674 g/mol. The molecule has 5 rings (SSSR count). The average Bonchev–Trinajstić information content (AvgIpc) is 3.01. The highest BCUT2D eigenvalue weighted by Crippen LogP contribution is 2.40. The Hall–Kier alpha value is -3.53. The molecule has 0 unspecified atom stereocenters. The van der Waals surface area contributed by atoms with Gasteiger partial charge in [0.2, 0.25) is 5.91 Å². The van der Waals surface area contributed by atoms with Crippen molar-refractivity contribution in [3.63, 3.8) is 0 Å². The fourth-order valence-corrected chi connectivity index (χ4v) is 6.17. The summed E-state index contributed by atoms with van der Waals surface area (Å²) >= 11 is 12.5. The first-order valence-electron chi connectivity index (χ1n) is 15.4. The van der Waals surface area contributed by atoms with Gasteiger partial charge in [0.15, 0.2) is 0 Å². The van der Waals surface area contributed by atoms with Gasteiger partial charge in [-0.05, 0) is 84.8 Å². The van der Waals surface area contributed by atoms with Crippen LogP contribution in [-0.2, 0) is 4.79 Å². The first-order chi connectivity index (χ1) is 22.1. The van der Waals surface area contributed by atoms with Gasteiger partial charge in [-0.3, -0.25) is 14.7 Å². The Kier molecular flexibility index (Phi) is 11.3. The van der Waals surface area contributed by atoms with Crippen molar-refractivity contribution < 1.29 is 22.7 Å². The van der Waals surface area contributed by atoms with Crippen molar-refractivity contribution in [1.82, 2.24) is 15.2 Å². The normalized spacial score (nSPS) is 14.5. The monoisotopic (exact) mass is 672 g/mol. The fourth-order valence-electron chi connectivity index (χ4n) is 5.92.